The number of benzene rings is 1. The molecule has 3 N–H and O–H groups in total. The zero-order valence-electron chi connectivity index (χ0n) is 11.8. The Balaban J connectivity index is 2.22. The van der Waals surface area contributed by atoms with Crippen LogP contribution in [-0.4, -0.2) is 6.04 Å². The summed E-state index contributed by atoms with van der Waals surface area (Å²) in [5, 5.41) is 3.08. The number of halogens is 3. The predicted molar refractivity (Wildman–Crippen MR) is 75.4 cm³/mol. The summed E-state index contributed by atoms with van der Waals surface area (Å²) in [5.41, 5.74) is 5.07. The Morgan fingerprint density at radius 3 is 2.55 bits per heavy atom. The zero-order chi connectivity index (χ0) is 14.9. The Kier molecular flexibility index (Phi) is 4.16. The fourth-order valence-electron chi connectivity index (χ4n) is 3.15. The van der Waals surface area contributed by atoms with Gasteiger partial charge in [0.05, 0.1) is 5.56 Å². The molecule has 0 radical (unpaired) electrons. The Labute approximate surface area is 117 Å². The first-order valence-corrected chi connectivity index (χ1v) is 7.06. The number of nitrogens with one attached hydrogen (secondary N) is 1. The lowest BCUT2D eigenvalue weighted by Gasteiger charge is -2.24. The summed E-state index contributed by atoms with van der Waals surface area (Å²) in [4.78, 5) is 0. The highest BCUT2D eigenvalue weighted by Gasteiger charge is 2.36. The van der Waals surface area contributed by atoms with Crippen LogP contribution in [0.2, 0.25) is 0 Å². The summed E-state index contributed by atoms with van der Waals surface area (Å²) in [6, 6.07) is 4.04. The van der Waals surface area contributed by atoms with Crippen LogP contribution < -0.4 is 11.1 Å². The molecule has 3 unspecified atom stereocenters. The fourth-order valence-corrected chi connectivity index (χ4v) is 3.15. The van der Waals surface area contributed by atoms with Gasteiger partial charge >= 0.3 is 6.18 Å². The normalized spacial score (nSPS) is 26.8. The number of rotatable bonds is 3. The van der Waals surface area contributed by atoms with Crippen molar-refractivity contribution >= 4 is 11.4 Å². The Morgan fingerprint density at radius 2 is 2.00 bits per heavy atom. The molecule has 3 atom stereocenters. The number of hydrogen-bond acceptors (Lipinski definition) is 2. The molecule has 2 rings (SSSR count). The topological polar surface area (TPSA) is 38.0 Å². The van der Waals surface area contributed by atoms with E-state index in [1.807, 2.05) is 0 Å². The van der Waals surface area contributed by atoms with Crippen LogP contribution in [0.15, 0.2) is 18.2 Å². The molecule has 1 aromatic carbocycles. The standard InChI is InChI=1S/C15H21F3N2/c1-3-10-4-6-13(9(10)2)20-14-7-5-11(19)8-12(14)15(16,17)18/h5,7-10,13,20H,3-4,6,19H2,1-2H3. The van der Waals surface area contributed by atoms with Crippen molar-refractivity contribution in [3.8, 4) is 0 Å². The van der Waals surface area contributed by atoms with E-state index in [1.165, 1.54) is 12.1 Å². The minimum atomic E-state index is -4.39. The maximum absolute atomic E-state index is 13.0. The Bertz CT molecular complexity index is 471. The van der Waals surface area contributed by atoms with Gasteiger partial charge in [-0.3, -0.25) is 0 Å². The third-order valence-electron chi connectivity index (χ3n) is 4.44. The second-order valence-corrected chi connectivity index (χ2v) is 5.66. The lowest BCUT2D eigenvalue weighted by Crippen LogP contribution is -2.26. The van der Waals surface area contributed by atoms with E-state index in [4.69, 9.17) is 5.73 Å². The molecule has 2 nitrogen and oxygen atoms in total. The maximum atomic E-state index is 13.0. The summed E-state index contributed by atoms with van der Waals surface area (Å²) in [6.45, 7) is 4.25. The van der Waals surface area contributed by atoms with E-state index in [0.29, 0.717) is 11.8 Å². The van der Waals surface area contributed by atoms with Crippen LogP contribution in [0, 0.1) is 11.8 Å². The van der Waals surface area contributed by atoms with Crippen LogP contribution in [0.4, 0.5) is 24.5 Å². The lowest BCUT2D eigenvalue weighted by molar-refractivity contribution is -0.136. The summed E-state index contributed by atoms with van der Waals surface area (Å²) in [6.07, 6.45) is -1.32. The first-order chi connectivity index (χ1) is 9.32. The first kappa shape index (κ1) is 15.0. The van der Waals surface area contributed by atoms with Gasteiger partial charge in [-0.1, -0.05) is 20.3 Å². The van der Waals surface area contributed by atoms with Crippen LogP contribution in [0.1, 0.15) is 38.7 Å². The van der Waals surface area contributed by atoms with Crippen LogP contribution in [0.3, 0.4) is 0 Å². The number of anilines is 2. The highest BCUT2D eigenvalue weighted by molar-refractivity contribution is 5.59. The molecule has 112 valence electrons. The lowest BCUT2D eigenvalue weighted by atomic mass is 9.93. The van der Waals surface area contributed by atoms with E-state index in [1.54, 1.807) is 0 Å². The van der Waals surface area contributed by atoms with E-state index < -0.39 is 11.7 Å². The summed E-state index contributed by atoms with van der Waals surface area (Å²) in [5.74, 6) is 0.981. The largest absolute Gasteiger partial charge is 0.418 e. The number of hydrogen-bond donors (Lipinski definition) is 2. The van der Waals surface area contributed by atoms with Crippen molar-refractivity contribution in [2.75, 3.05) is 11.1 Å². The quantitative estimate of drug-likeness (QED) is 0.801. The van der Waals surface area contributed by atoms with Crippen molar-refractivity contribution in [2.24, 2.45) is 11.8 Å². The van der Waals surface area contributed by atoms with Crippen molar-refractivity contribution in [1.29, 1.82) is 0 Å². The van der Waals surface area contributed by atoms with Gasteiger partial charge in [0.1, 0.15) is 0 Å². The fraction of sp³-hybridized carbons (Fsp3) is 0.600. The van der Waals surface area contributed by atoms with Crippen LogP contribution in [0.25, 0.3) is 0 Å². The molecule has 1 aliphatic carbocycles. The van der Waals surface area contributed by atoms with E-state index >= 15 is 0 Å². The molecule has 5 heteroatoms. The summed E-state index contributed by atoms with van der Waals surface area (Å²) < 4.78 is 39.1. The molecule has 1 aromatic rings. The monoisotopic (exact) mass is 286 g/mol. The molecular formula is C15H21F3N2. The van der Waals surface area contributed by atoms with Gasteiger partial charge < -0.3 is 11.1 Å². The first-order valence-electron chi connectivity index (χ1n) is 7.06. The predicted octanol–water partition coefficient (Wildman–Crippen LogP) is 4.52. The molecule has 1 aliphatic rings. The smallest absolute Gasteiger partial charge is 0.399 e. The van der Waals surface area contributed by atoms with Crippen molar-refractivity contribution in [2.45, 2.75) is 45.3 Å². The van der Waals surface area contributed by atoms with E-state index in [0.717, 1.165) is 25.3 Å². The minimum absolute atomic E-state index is 0.102. The molecule has 20 heavy (non-hydrogen) atoms. The molecule has 1 fully saturated rings. The van der Waals surface area contributed by atoms with Gasteiger partial charge in [0.25, 0.3) is 0 Å². The minimum Gasteiger partial charge on any atom is -0.399 e. The van der Waals surface area contributed by atoms with Crippen LogP contribution in [0.5, 0.6) is 0 Å². The van der Waals surface area contributed by atoms with Crippen molar-refractivity contribution in [3.05, 3.63) is 23.8 Å². The molecule has 0 amide bonds. The number of nitrogens with two attached hydrogens (primary N) is 1. The molecule has 0 heterocycles. The van der Waals surface area contributed by atoms with Gasteiger partial charge in [-0.05, 0) is 42.9 Å². The van der Waals surface area contributed by atoms with E-state index in [9.17, 15) is 13.2 Å². The molecular weight excluding hydrogens is 265 g/mol. The van der Waals surface area contributed by atoms with Crippen molar-refractivity contribution in [3.63, 3.8) is 0 Å². The Hall–Kier alpha value is -1.39. The zero-order valence-corrected chi connectivity index (χ0v) is 11.8. The summed E-state index contributed by atoms with van der Waals surface area (Å²) >= 11 is 0. The van der Waals surface area contributed by atoms with Crippen molar-refractivity contribution < 1.29 is 13.2 Å². The highest BCUT2D eigenvalue weighted by Crippen LogP contribution is 2.40. The van der Waals surface area contributed by atoms with Crippen LogP contribution in [-0.2, 0) is 6.18 Å². The van der Waals surface area contributed by atoms with Gasteiger partial charge in [0.2, 0.25) is 0 Å². The molecule has 0 bridgehead atoms. The molecule has 0 aliphatic heterocycles. The van der Waals surface area contributed by atoms with E-state index in [-0.39, 0.29) is 17.4 Å². The van der Waals surface area contributed by atoms with Gasteiger partial charge in [-0.25, -0.2) is 0 Å². The van der Waals surface area contributed by atoms with Gasteiger partial charge in [0, 0.05) is 17.4 Å². The van der Waals surface area contributed by atoms with Crippen LogP contribution >= 0.6 is 0 Å². The highest BCUT2D eigenvalue weighted by atomic mass is 19.4. The second kappa shape index (κ2) is 5.54. The third kappa shape index (κ3) is 3.02. The van der Waals surface area contributed by atoms with E-state index in [2.05, 4.69) is 19.2 Å². The maximum Gasteiger partial charge on any atom is 0.418 e. The number of alkyl halides is 3. The molecule has 0 spiro atoms. The molecule has 0 saturated heterocycles. The molecule has 1 saturated carbocycles. The van der Waals surface area contributed by atoms with Crippen molar-refractivity contribution in [1.82, 2.24) is 0 Å². The van der Waals surface area contributed by atoms with Gasteiger partial charge in [-0.15, -0.1) is 0 Å². The molecule has 0 aromatic heterocycles. The second-order valence-electron chi connectivity index (χ2n) is 5.66. The summed E-state index contributed by atoms with van der Waals surface area (Å²) in [7, 11) is 0. The SMILES string of the molecule is CCC1CCC(Nc2ccc(N)cc2C(F)(F)F)C1C. The average Bonchev–Trinajstić information content (AvgIpc) is 2.71. The average molecular weight is 286 g/mol. The third-order valence-corrected chi connectivity index (χ3v) is 4.44. The van der Waals surface area contributed by atoms with Gasteiger partial charge in [0.15, 0.2) is 0 Å². The Morgan fingerprint density at radius 1 is 1.30 bits per heavy atom. The number of nitrogen functional groups attached to an aromatic ring is 1. The van der Waals surface area contributed by atoms with Gasteiger partial charge in [-0.2, -0.15) is 13.2 Å².